The molecule has 2 heterocycles. The van der Waals surface area contributed by atoms with Gasteiger partial charge in [0.15, 0.2) is 0 Å². The second-order valence-corrected chi connectivity index (χ2v) is 3.31. The van der Waals surface area contributed by atoms with Gasteiger partial charge in [0, 0.05) is 12.5 Å². The highest BCUT2D eigenvalue weighted by atomic mass is 19.3. The maximum atomic E-state index is 12.8. The number of rotatable bonds is 0. The van der Waals surface area contributed by atoms with Crippen molar-refractivity contribution in [2.75, 3.05) is 0 Å². The Morgan fingerprint density at radius 2 is 2.10 bits per heavy atom. The summed E-state index contributed by atoms with van der Waals surface area (Å²) in [5.74, 6) is -2.42. The summed E-state index contributed by atoms with van der Waals surface area (Å²) < 4.78 is 25.7. The number of halogens is 2. The summed E-state index contributed by atoms with van der Waals surface area (Å²) in [7, 11) is 0. The van der Waals surface area contributed by atoms with Gasteiger partial charge in [-0.2, -0.15) is 0 Å². The van der Waals surface area contributed by atoms with Crippen molar-refractivity contribution in [2.24, 2.45) is 0 Å². The van der Waals surface area contributed by atoms with E-state index in [4.69, 9.17) is 0 Å². The van der Waals surface area contributed by atoms with E-state index in [1.54, 1.807) is 0 Å². The normalized spacial score (nSPS) is 43.8. The fourth-order valence-corrected chi connectivity index (χ4v) is 1.98. The van der Waals surface area contributed by atoms with E-state index in [1.165, 1.54) is 0 Å². The summed E-state index contributed by atoms with van der Waals surface area (Å²) in [5, 5.41) is 2.93. The zero-order valence-corrected chi connectivity index (χ0v) is 5.74. The van der Waals surface area contributed by atoms with Crippen molar-refractivity contribution in [3.8, 4) is 0 Å². The second-order valence-electron chi connectivity index (χ2n) is 3.31. The second kappa shape index (κ2) is 1.91. The highest BCUT2D eigenvalue weighted by Gasteiger charge is 2.49. The first-order valence-electron chi connectivity index (χ1n) is 3.82. The van der Waals surface area contributed by atoms with Gasteiger partial charge in [0.2, 0.25) is 0 Å². The Hall–Kier alpha value is -0.180. The van der Waals surface area contributed by atoms with Gasteiger partial charge < -0.3 is 5.32 Å². The predicted octanol–water partition coefficient (Wildman–Crippen LogP) is 1.54. The van der Waals surface area contributed by atoms with Crippen LogP contribution in [-0.4, -0.2) is 18.0 Å². The number of fused-ring (bicyclic) bond motifs is 2. The first kappa shape index (κ1) is 6.53. The molecule has 0 radical (unpaired) electrons. The van der Waals surface area contributed by atoms with E-state index >= 15 is 0 Å². The molecule has 2 saturated heterocycles. The Morgan fingerprint density at radius 1 is 1.30 bits per heavy atom. The minimum Gasteiger partial charge on any atom is -0.306 e. The molecule has 1 N–H and O–H groups in total. The van der Waals surface area contributed by atoms with Crippen LogP contribution in [0.25, 0.3) is 0 Å². The van der Waals surface area contributed by atoms with E-state index in [9.17, 15) is 8.78 Å². The van der Waals surface area contributed by atoms with Gasteiger partial charge >= 0.3 is 0 Å². The molecule has 2 unspecified atom stereocenters. The average Bonchev–Trinajstić information content (AvgIpc) is 2.04. The van der Waals surface area contributed by atoms with Gasteiger partial charge in [-0.1, -0.05) is 6.42 Å². The fraction of sp³-hybridized carbons (Fsp3) is 1.00. The van der Waals surface area contributed by atoms with Crippen LogP contribution in [0.1, 0.15) is 25.7 Å². The molecule has 0 amide bonds. The fourth-order valence-electron chi connectivity index (χ4n) is 1.98. The number of alkyl halides is 2. The van der Waals surface area contributed by atoms with Gasteiger partial charge in [0.1, 0.15) is 0 Å². The van der Waals surface area contributed by atoms with Gasteiger partial charge in [0.25, 0.3) is 5.92 Å². The minimum atomic E-state index is -2.42. The Morgan fingerprint density at radius 3 is 2.70 bits per heavy atom. The largest absolute Gasteiger partial charge is 0.306 e. The SMILES string of the molecule is FC1(F)CC2CCCC1N2. The third kappa shape index (κ3) is 0.839. The number of hydrogen-bond acceptors (Lipinski definition) is 1. The molecule has 10 heavy (non-hydrogen) atoms. The van der Waals surface area contributed by atoms with Crippen LogP contribution >= 0.6 is 0 Å². The van der Waals surface area contributed by atoms with E-state index in [-0.39, 0.29) is 12.5 Å². The third-order valence-electron chi connectivity index (χ3n) is 2.51. The van der Waals surface area contributed by atoms with Crippen LogP contribution in [0.3, 0.4) is 0 Å². The highest BCUT2D eigenvalue weighted by molar-refractivity contribution is 4.99. The number of nitrogens with one attached hydrogen (secondary N) is 1. The Kier molecular flexibility index (Phi) is 1.24. The van der Waals surface area contributed by atoms with Gasteiger partial charge in [-0.25, -0.2) is 8.78 Å². The van der Waals surface area contributed by atoms with Gasteiger partial charge in [-0.05, 0) is 12.8 Å². The summed E-state index contributed by atoms with van der Waals surface area (Å²) in [4.78, 5) is 0. The highest BCUT2D eigenvalue weighted by Crippen LogP contribution is 2.38. The van der Waals surface area contributed by atoms with Crippen molar-refractivity contribution in [1.82, 2.24) is 5.32 Å². The number of hydrogen-bond donors (Lipinski definition) is 1. The van der Waals surface area contributed by atoms with Crippen molar-refractivity contribution < 1.29 is 8.78 Å². The molecule has 3 heteroatoms. The van der Waals surface area contributed by atoms with Crippen molar-refractivity contribution in [1.29, 1.82) is 0 Å². The smallest absolute Gasteiger partial charge is 0.264 e. The molecule has 2 atom stereocenters. The van der Waals surface area contributed by atoms with Crippen LogP contribution < -0.4 is 5.32 Å². The van der Waals surface area contributed by atoms with Gasteiger partial charge in [-0.3, -0.25) is 0 Å². The van der Waals surface area contributed by atoms with Crippen molar-refractivity contribution in [2.45, 2.75) is 43.7 Å². The molecule has 2 fully saturated rings. The molecular formula is C7H11F2N. The Labute approximate surface area is 58.8 Å². The van der Waals surface area contributed by atoms with Crippen molar-refractivity contribution >= 4 is 0 Å². The van der Waals surface area contributed by atoms with Gasteiger partial charge in [-0.15, -0.1) is 0 Å². The molecule has 2 aliphatic rings. The molecule has 2 rings (SSSR count). The molecule has 58 valence electrons. The molecule has 1 nitrogen and oxygen atoms in total. The average molecular weight is 147 g/mol. The van der Waals surface area contributed by atoms with E-state index in [2.05, 4.69) is 5.32 Å². The zero-order valence-electron chi connectivity index (χ0n) is 5.74. The monoisotopic (exact) mass is 147 g/mol. The standard InChI is InChI=1S/C7H11F2N/c8-7(9)4-5-2-1-3-6(7)10-5/h5-6,10H,1-4H2. The summed E-state index contributed by atoms with van der Waals surface area (Å²) in [6, 6.07) is -0.403. The Bertz CT molecular complexity index is 147. The van der Waals surface area contributed by atoms with Crippen LogP contribution in [0.5, 0.6) is 0 Å². The van der Waals surface area contributed by atoms with Crippen LogP contribution in [0.4, 0.5) is 8.78 Å². The number of piperidine rings is 1. The summed E-state index contributed by atoms with van der Waals surface area (Å²) in [5.41, 5.74) is 0. The van der Waals surface area contributed by atoms with E-state index in [0.29, 0.717) is 6.42 Å². The lowest BCUT2D eigenvalue weighted by Gasteiger charge is -2.21. The van der Waals surface area contributed by atoms with E-state index in [0.717, 1.165) is 12.8 Å². The quantitative estimate of drug-likeness (QED) is 0.548. The van der Waals surface area contributed by atoms with Crippen LogP contribution in [0, 0.1) is 0 Å². The van der Waals surface area contributed by atoms with Crippen molar-refractivity contribution in [3.05, 3.63) is 0 Å². The summed E-state index contributed by atoms with van der Waals surface area (Å²) in [6.45, 7) is 0. The summed E-state index contributed by atoms with van der Waals surface area (Å²) >= 11 is 0. The summed E-state index contributed by atoms with van der Waals surface area (Å²) in [6.07, 6.45) is 2.63. The van der Waals surface area contributed by atoms with Crippen LogP contribution in [-0.2, 0) is 0 Å². The lowest BCUT2D eigenvalue weighted by Crippen LogP contribution is -2.39. The first-order valence-corrected chi connectivity index (χ1v) is 3.82. The van der Waals surface area contributed by atoms with Gasteiger partial charge in [0.05, 0.1) is 6.04 Å². The maximum Gasteiger partial charge on any atom is 0.264 e. The molecule has 2 aliphatic heterocycles. The molecule has 0 aromatic heterocycles. The molecule has 2 bridgehead atoms. The minimum absolute atomic E-state index is 0.0671. The van der Waals surface area contributed by atoms with Crippen molar-refractivity contribution in [3.63, 3.8) is 0 Å². The van der Waals surface area contributed by atoms with E-state index in [1.807, 2.05) is 0 Å². The van der Waals surface area contributed by atoms with E-state index < -0.39 is 12.0 Å². The molecule has 0 aromatic rings. The molecular weight excluding hydrogens is 136 g/mol. The molecule has 0 saturated carbocycles. The Balaban J connectivity index is 2.15. The first-order chi connectivity index (χ1) is 4.68. The zero-order chi connectivity index (χ0) is 7.19. The van der Waals surface area contributed by atoms with Crippen LogP contribution in [0.2, 0.25) is 0 Å². The molecule has 0 spiro atoms. The lowest BCUT2D eigenvalue weighted by atomic mass is 10.1. The molecule has 0 aromatic carbocycles. The lowest BCUT2D eigenvalue weighted by molar-refractivity contribution is -0.0118. The molecule has 0 aliphatic carbocycles. The topological polar surface area (TPSA) is 12.0 Å². The third-order valence-corrected chi connectivity index (χ3v) is 2.51. The maximum absolute atomic E-state index is 12.8. The van der Waals surface area contributed by atoms with Crippen LogP contribution in [0.15, 0.2) is 0 Å². The predicted molar refractivity (Wildman–Crippen MR) is 34.1 cm³/mol.